The van der Waals surface area contributed by atoms with Crippen LogP contribution in [0, 0.1) is 0 Å². The third kappa shape index (κ3) is 3.91. The Morgan fingerprint density at radius 3 is 2.52 bits per heavy atom. The fourth-order valence-electron chi connectivity index (χ4n) is 4.54. The van der Waals surface area contributed by atoms with Crippen LogP contribution in [0.15, 0.2) is 76.7 Å². The Bertz CT molecular complexity index is 1310. The average molecular weight is 442 g/mol. The summed E-state index contributed by atoms with van der Waals surface area (Å²) in [6, 6.07) is 17.3. The van der Waals surface area contributed by atoms with Gasteiger partial charge in [-0.3, -0.25) is 19.8 Å². The highest BCUT2D eigenvalue weighted by Gasteiger charge is 2.39. The summed E-state index contributed by atoms with van der Waals surface area (Å²) in [4.78, 5) is 38.3. The summed E-state index contributed by atoms with van der Waals surface area (Å²) in [5, 5.41) is 17.7. The van der Waals surface area contributed by atoms with E-state index in [1.54, 1.807) is 24.3 Å². The van der Waals surface area contributed by atoms with Crippen molar-refractivity contribution < 1.29 is 14.7 Å². The van der Waals surface area contributed by atoms with Gasteiger partial charge in [-0.15, -0.1) is 0 Å². The molecule has 1 aliphatic heterocycles. The summed E-state index contributed by atoms with van der Waals surface area (Å²) in [6.45, 7) is 0. The first-order valence-corrected chi connectivity index (χ1v) is 10.8. The lowest BCUT2D eigenvalue weighted by molar-refractivity contribution is -0.130. The lowest BCUT2D eigenvalue weighted by atomic mass is 9.77. The third-order valence-electron chi connectivity index (χ3n) is 6.06. The lowest BCUT2D eigenvalue weighted by Crippen LogP contribution is -2.43. The number of benzene rings is 2. The largest absolute Gasteiger partial charge is 0.508 e. The second-order valence-corrected chi connectivity index (χ2v) is 8.19. The fraction of sp³-hybridized carbons (Fsp3) is 0.200. The summed E-state index contributed by atoms with van der Waals surface area (Å²) in [5.74, 6) is -0.435. The van der Waals surface area contributed by atoms with Crippen LogP contribution in [0.2, 0.25) is 0 Å². The van der Waals surface area contributed by atoms with E-state index in [2.05, 4.69) is 15.6 Å². The standard InChI is InChI=1S/C25H22N4O4/c30-17-11-9-15(10-12-17)18-13-23(33)29(20-7-4-8-21(31)24(18)20)28-19-14-22(32)26-27-25(19)16-5-2-1-3-6-16/h1-3,5-6,9-12,14,18,30H,4,7-8,13H2,(H2,26,28,32)/t18-/m0/s1. The van der Waals surface area contributed by atoms with E-state index in [1.807, 2.05) is 30.3 Å². The highest BCUT2D eigenvalue weighted by Crippen LogP contribution is 2.42. The van der Waals surface area contributed by atoms with Gasteiger partial charge in [-0.25, -0.2) is 10.1 Å². The van der Waals surface area contributed by atoms with E-state index in [0.29, 0.717) is 41.9 Å². The number of hydrogen-bond acceptors (Lipinski definition) is 6. The van der Waals surface area contributed by atoms with E-state index in [9.17, 15) is 19.5 Å². The number of phenols is 1. The van der Waals surface area contributed by atoms with Crippen molar-refractivity contribution in [1.29, 1.82) is 0 Å². The Balaban J connectivity index is 1.58. The first kappa shape index (κ1) is 20.7. The zero-order valence-electron chi connectivity index (χ0n) is 17.7. The van der Waals surface area contributed by atoms with Crippen LogP contribution in [0.4, 0.5) is 5.69 Å². The Morgan fingerprint density at radius 1 is 1.00 bits per heavy atom. The van der Waals surface area contributed by atoms with Crippen molar-refractivity contribution in [3.63, 3.8) is 0 Å². The van der Waals surface area contributed by atoms with Crippen LogP contribution in [-0.4, -0.2) is 32.0 Å². The summed E-state index contributed by atoms with van der Waals surface area (Å²) in [5.41, 5.74) is 6.38. The molecule has 3 aromatic rings. The average Bonchev–Trinajstić information content (AvgIpc) is 2.82. The second kappa shape index (κ2) is 8.38. The van der Waals surface area contributed by atoms with Crippen LogP contribution in [-0.2, 0) is 9.59 Å². The van der Waals surface area contributed by atoms with Gasteiger partial charge in [0.2, 0.25) is 5.91 Å². The van der Waals surface area contributed by atoms with Crippen molar-refractivity contribution in [1.82, 2.24) is 15.2 Å². The van der Waals surface area contributed by atoms with E-state index in [0.717, 1.165) is 11.1 Å². The number of aromatic amines is 1. The molecule has 2 aromatic carbocycles. The highest BCUT2D eigenvalue weighted by molar-refractivity contribution is 6.01. The van der Waals surface area contributed by atoms with E-state index in [-0.39, 0.29) is 29.8 Å². The smallest absolute Gasteiger partial charge is 0.266 e. The summed E-state index contributed by atoms with van der Waals surface area (Å²) < 4.78 is 0. The molecule has 33 heavy (non-hydrogen) atoms. The Kier molecular flexibility index (Phi) is 5.26. The van der Waals surface area contributed by atoms with Gasteiger partial charge in [0.05, 0.1) is 11.4 Å². The third-order valence-corrected chi connectivity index (χ3v) is 6.06. The number of hydrazine groups is 1. The number of rotatable bonds is 4. The van der Waals surface area contributed by atoms with Crippen LogP contribution >= 0.6 is 0 Å². The molecule has 0 bridgehead atoms. The first-order chi connectivity index (χ1) is 16.0. The van der Waals surface area contributed by atoms with Crippen LogP contribution in [0.5, 0.6) is 5.75 Å². The molecule has 8 heteroatoms. The first-order valence-electron chi connectivity index (χ1n) is 10.8. The number of nitrogens with one attached hydrogen (secondary N) is 2. The number of H-pyrrole nitrogens is 1. The van der Waals surface area contributed by atoms with Gasteiger partial charge < -0.3 is 5.11 Å². The number of phenolic OH excluding ortho intramolecular Hbond substituents is 1. The zero-order chi connectivity index (χ0) is 22.9. The van der Waals surface area contributed by atoms with E-state index in [1.165, 1.54) is 11.1 Å². The van der Waals surface area contributed by atoms with Crippen molar-refractivity contribution in [2.45, 2.75) is 31.6 Å². The minimum absolute atomic E-state index is 0.0148. The van der Waals surface area contributed by atoms with Crippen LogP contribution in [0.3, 0.4) is 0 Å². The molecule has 8 nitrogen and oxygen atoms in total. The molecule has 0 saturated carbocycles. The number of ketones is 1. The van der Waals surface area contributed by atoms with Crippen molar-refractivity contribution in [3.05, 3.63) is 87.9 Å². The van der Waals surface area contributed by atoms with Gasteiger partial charge in [0.25, 0.3) is 5.56 Å². The summed E-state index contributed by atoms with van der Waals surface area (Å²) in [6.07, 6.45) is 1.73. The molecule has 5 rings (SSSR count). The Labute approximate surface area is 189 Å². The van der Waals surface area contributed by atoms with Gasteiger partial charge in [0.15, 0.2) is 5.78 Å². The Morgan fingerprint density at radius 2 is 1.76 bits per heavy atom. The predicted octanol–water partition coefficient (Wildman–Crippen LogP) is 3.49. The maximum Gasteiger partial charge on any atom is 0.266 e. The topological polar surface area (TPSA) is 115 Å². The number of anilines is 1. The normalized spacial score (nSPS) is 18.3. The number of allylic oxidation sites excluding steroid dienone is 2. The van der Waals surface area contributed by atoms with Crippen molar-refractivity contribution in [2.75, 3.05) is 5.43 Å². The SMILES string of the molecule is O=C1CCCC2=C1[C@H](c1ccc(O)cc1)CC(=O)N2Nc1cc(=O)[nH]nc1-c1ccccc1. The molecule has 1 aliphatic carbocycles. The van der Waals surface area contributed by atoms with Gasteiger partial charge in [-0.1, -0.05) is 42.5 Å². The molecular weight excluding hydrogens is 420 g/mol. The maximum absolute atomic E-state index is 13.3. The number of Topliss-reactive ketones (excluding diaryl/α,β-unsaturated/α-hetero) is 1. The van der Waals surface area contributed by atoms with Gasteiger partial charge in [-0.2, -0.15) is 5.10 Å². The van der Waals surface area contributed by atoms with Crippen LogP contribution in [0.1, 0.15) is 37.2 Å². The molecule has 3 N–H and O–H groups in total. The predicted molar refractivity (Wildman–Crippen MR) is 122 cm³/mol. The minimum atomic E-state index is -0.405. The minimum Gasteiger partial charge on any atom is -0.508 e. The molecule has 0 spiro atoms. The number of hydrogen-bond donors (Lipinski definition) is 3. The van der Waals surface area contributed by atoms with E-state index in [4.69, 9.17) is 0 Å². The maximum atomic E-state index is 13.3. The van der Waals surface area contributed by atoms with Crippen molar-refractivity contribution in [2.24, 2.45) is 0 Å². The van der Waals surface area contributed by atoms with Gasteiger partial charge in [0.1, 0.15) is 11.4 Å². The summed E-state index contributed by atoms with van der Waals surface area (Å²) in [7, 11) is 0. The fourth-order valence-corrected chi connectivity index (χ4v) is 4.54. The van der Waals surface area contributed by atoms with E-state index >= 15 is 0 Å². The number of carbonyl (C=O) groups is 2. The molecule has 0 fully saturated rings. The number of aromatic nitrogens is 2. The molecule has 1 amide bonds. The summed E-state index contributed by atoms with van der Waals surface area (Å²) >= 11 is 0. The Hall–Kier alpha value is -4.20. The molecule has 0 saturated heterocycles. The molecule has 2 heterocycles. The molecular formula is C25H22N4O4. The van der Waals surface area contributed by atoms with Crippen molar-refractivity contribution in [3.8, 4) is 17.0 Å². The molecule has 1 aromatic heterocycles. The molecule has 0 radical (unpaired) electrons. The van der Waals surface area contributed by atoms with E-state index < -0.39 is 5.56 Å². The molecule has 2 aliphatic rings. The molecule has 0 unspecified atom stereocenters. The number of amides is 1. The molecule has 166 valence electrons. The highest BCUT2D eigenvalue weighted by atomic mass is 16.3. The van der Waals surface area contributed by atoms with Gasteiger partial charge in [-0.05, 0) is 30.5 Å². The molecule has 1 atom stereocenters. The zero-order valence-corrected chi connectivity index (χ0v) is 17.7. The number of carbonyl (C=O) groups excluding carboxylic acids is 2. The second-order valence-electron chi connectivity index (χ2n) is 8.19. The number of nitrogens with zero attached hydrogens (tertiary/aromatic N) is 2. The van der Waals surface area contributed by atoms with Crippen LogP contribution in [0.25, 0.3) is 11.3 Å². The van der Waals surface area contributed by atoms with Gasteiger partial charge in [0, 0.05) is 36.0 Å². The lowest BCUT2D eigenvalue weighted by Gasteiger charge is -2.38. The van der Waals surface area contributed by atoms with Crippen molar-refractivity contribution >= 4 is 17.4 Å². The quantitative estimate of drug-likeness (QED) is 0.570. The monoisotopic (exact) mass is 442 g/mol. The van der Waals surface area contributed by atoms with Gasteiger partial charge >= 0.3 is 0 Å². The number of aromatic hydroxyl groups is 1. The van der Waals surface area contributed by atoms with Crippen LogP contribution < -0.4 is 11.0 Å².